The Bertz CT molecular complexity index is 1100. The van der Waals surface area contributed by atoms with Gasteiger partial charge in [0.2, 0.25) is 0 Å². The lowest BCUT2D eigenvalue weighted by atomic mass is 10.2. The Labute approximate surface area is 147 Å². The van der Waals surface area contributed by atoms with Gasteiger partial charge < -0.3 is 14.8 Å². The van der Waals surface area contributed by atoms with E-state index < -0.39 is 6.10 Å². The van der Waals surface area contributed by atoms with Crippen LogP contribution >= 0.6 is 11.3 Å². The van der Waals surface area contributed by atoms with Crippen molar-refractivity contribution >= 4 is 32.5 Å². The zero-order valence-corrected chi connectivity index (χ0v) is 14.4. The van der Waals surface area contributed by atoms with Gasteiger partial charge in [-0.05, 0) is 31.2 Å². The van der Waals surface area contributed by atoms with Gasteiger partial charge in [0, 0.05) is 22.0 Å². The second-order valence-electron chi connectivity index (χ2n) is 5.94. The van der Waals surface area contributed by atoms with Gasteiger partial charge in [-0.15, -0.1) is 11.3 Å². The van der Waals surface area contributed by atoms with E-state index >= 15 is 0 Å². The zero-order valence-electron chi connectivity index (χ0n) is 13.6. The number of hydrogen-bond acceptors (Lipinski definition) is 5. The summed E-state index contributed by atoms with van der Waals surface area (Å²) >= 11 is 1.49. The smallest absolute Gasteiger partial charge is 0.262 e. The minimum absolute atomic E-state index is 0.0947. The lowest BCUT2D eigenvalue weighted by Gasteiger charge is -2.14. The predicted octanol–water partition coefficient (Wildman–Crippen LogP) is 2.69. The lowest BCUT2D eigenvalue weighted by molar-refractivity contribution is 0.0922. The molecule has 0 radical (unpaired) electrons. The van der Waals surface area contributed by atoms with Crippen LogP contribution in [-0.4, -0.2) is 32.4 Å². The number of hydrogen-bond donors (Lipinski definition) is 2. The van der Waals surface area contributed by atoms with Crippen molar-refractivity contribution in [3.63, 3.8) is 0 Å². The molecule has 1 aromatic carbocycles. The van der Waals surface area contributed by atoms with Crippen molar-refractivity contribution in [2.75, 3.05) is 6.61 Å². The van der Waals surface area contributed by atoms with E-state index in [2.05, 4.69) is 9.97 Å². The second kappa shape index (κ2) is 6.34. The van der Waals surface area contributed by atoms with Gasteiger partial charge in [0.05, 0.1) is 18.3 Å². The van der Waals surface area contributed by atoms with E-state index in [4.69, 9.17) is 4.74 Å². The van der Waals surface area contributed by atoms with Crippen LogP contribution in [0.25, 0.3) is 21.1 Å². The van der Waals surface area contributed by atoms with Crippen LogP contribution < -0.4 is 10.3 Å². The quantitative estimate of drug-likeness (QED) is 0.577. The zero-order chi connectivity index (χ0) is 17.4. The van der Waals surface area contributed by atoms with Crippen LogP contribution in [0.5, 0.6) is 5.75 Å². The van der Waals surface area contributed by atoms with Gasteiger partial charge in [0.1, 0.15) is 23.3 Å². The number of thiophene rings is 1. The van der Waals surface area contributed by atoms with Crippen LogP contribution in [0.1, 0.15) is 4.88 Å². The molecule has 6 nitrogen and oxygen atoms in total. The second-order valence-corrected chi connectivity index (χ2v) is 7.17. The number of nitrogens with one attached hydrogen (secondary N) is 1. The standard InChI is InChI=1S/C18H17N3O3S/c1-11-7-14-17(25-11)20-10-21(18(14)23)8-12(22)9-24-16-4-2-3-15-13(16)5-6-19-15/h2-7,10,12,19,22H,8-9H2,1H3. The molecule has 0 amide bonds. The van der Waals surface area contributed by atoms with Crippen molar-refractivity contribution in [1.29, 1.82) is 0 Å². The van der Waals surface area contributed by atoms with E-state index in [1.54, 1.807) is 0 Å². The molecule has 128 valence electrons. The molecule has 0 bridgehead atoms. The number of aromatic nitrogens is 3. The number of aliphatic hydroxyl groups excluding tert-OH is 1. The molecule has 0 aliphatic heterocycles. The van der Waals surface area contributed by atoms with Gasteiger partial charge in [-0.3, -0.25) is 9.36 Å². The van der Waals surface area contributed by atoms with Gasteiger partial charge in [-0.2, -0.15) is 0 Å². The number of aliphatic hydroxyl groups is 1. The molecule has 3 aromatic heterocycles. The molecule has 4 rings (SSSR count). The minimum Gasteiger partial charge on any atom is -0.490 e. The Kier molecular flexibility index (Phi) is 4.03. The van der Waals surface area contributed by atoms with Crippen LogP contribution in [0.3, 0.4) is 0 Å². The van der Waals surface area contributed by atoms with Gasteiger partial charge in [0.15, 0.2) is 0 Å². The molecule has 25 heavy (non-hydrogen) atoms. The summed E-state index contributed by atoms with van der Waals surface area (Å²) in [7, 11) is 0. The number of benzene rings is 1. The highest BCUT2D eigenvalue weighted by molar-refractivity contribution is 7.18. The first-order valence-corrected chi connectivity index (χ1v) is 8.76. The fourth-order valence-corrected chi connectivity index (χ4v) is 3.70. The van der Waals surface area contributed by atoms with Crippen molar-refractivity contribution in [3.8, 4) is 5.75 Å². The highest BCUT2D eigenvalue weighted by Crippen LogP contribution is 2.24. The molecule has 0 spiro atoms. The topological polar surface area (TPSA) is 80.1 Å². The van der Waals surface area contributed by atoms with Crippen molar-refractivity contribution in [2.24, 2.45) is 0 Å². The van der Waals surface area contributed by atoms with Crippen molar-refractivity contribution in [2.45, 2.75) is 19.6 Å². The molecular formula is C18H17N3O3S. The molecule has 0 fully saturated rings. The maximum atomic E-state index is 12.5. The van der Waals surface area contributed by atoms with E-state index in [9.17, 15) is 9.90 Å². The summed E-state index contributed by atoms with van der Waals surface area (Å²) in [4.78, 5) is 21.6. The molecule has 2 N–H and O–H groups in total. The summed E-state index contributed by atoms with van der Waals surface area (Å²) in [5.74, 6) is 0.701. The molecule has 0 aliphatic carbocycles. The number of nitrogens with zero attached hydrogens (tertiary/aromatic N) is 2. The monoisotopic (exact) mass is 355 g/mol. The molecule has 7 heteroatoms. The molecule has 1 atom stereocenters. The van der Waals surface area contributed by atoms with E-state index in [1.165, 1.54) is 22.2 Å². The van der Waals surface area contributed by atoms with Gasteiger partial charge in [-0.1, -0.05) is 6.07 Å². The largest absolute Gasteiger partial charge is 0.490 e. The third-order valence-corrected chi connectivity index (χ3v) is 4.99. The third-order valence-electron chi connectivity index (χ3n) is 4.03. The van der Waals surface area contributed by atoms with Crippen LogP contribution in [0.4, 0.5) is 0 Å². The highest BCUT2D eigenvalue weighted by Gasteiger charge is 2.12. The van der Waals surface area contributed by atoms with Crippen LogP contribution in [0.15, 0.2) is 47.7 Å². The van der Waals surface area contributed by atoms with Gasteiger partial charge in [0.25, 0.3) is 5.56 Å². The van der Waals surface area contributed by atoms with Crippen molar-refractivity contribution in [3.05, 3.63) is 58.1 Å². The maximum Gasteiger partial charge on any atom is 0.262 e. The fourth-order valence-electron chi connectivity index (χ4n) is 2.86. The Morgan fingerprint density at radius 2 is 2.24 bits per heavy atom. The number of H-pyrrole nitrogens is 1. The Morgan fingerprint density at radius 1 is 1.36 bits per heavy atom. The summed E-state index contributed by atoms with van der Waals surface area (Å²) in [5.41, 5.74) is 0.840. The van der Waals surface area contributed by atoms with Gasteiger partial charge in [-0.25, -0.2) is 4.98 Å². The molecule has 0 saturated carbocycles. The number of fused-ring (bicyclic) bond motifs is 2. The highest BCUT2D eigenvalue weighted by atomic mass is 32.1. The first kappa shape index (κ1) is 15.9. The summed E-state index contributed by atoms with van der Waals surface area (Å²) in [6.07, 6.45) is 2.51. The Balaban J connectivity index is 1.49. The molecule has 0 aliphatic rings. The molecule has 1 unspecified atom stereocenters. The van der Waals surface area contributed by atoms with Crippen LogP contribution in [-0.2, 0) is 6.54 Å². The van der Waals surface area contributed by atoms with E-state index in [-0.39, 0.29) is 18.7 Å². The van der Waals surface area contributed by atoms with Crippen molar-refractivity contribution in [1.82, 2.24) is 14.5 Å². The average Bonchev–Trinajstić information content (AvgIpc) is 3.22. The predicted molar refractivity (Wildman–Crippen MR) is 98.4 cm³/mol. The average molecular weight is 355 g/mol. The van der Waals surface area contributed by atoms with Gasteiger partial charge >= 0.3 is 0 Å². The molecular weight excluding hydrogens is 338 g/mol. The number of ether oxygens (including phenoxy) is 1. The Hall–Kier alpha value is -2.64. The molecule has 3 heterocycles. The minimum atomic E-state index is -0.814. The normalized spacial score (nSPS) is 12.7. The number of aromatic amines is 1. The number of rotatable bonds is 5. The molecule has 0 saturated heterocycles. The third kappa shape index (κ3) is 3.04. The SMILES string of the molecule is Cc1cc2c(=O)n(CC(O)COc3cccc4[nH]ccc34)cnc2s1. The lowest BCUT2D eigenvalue weighted by Crippen LogP contribution is -2.30. The van der Waals surface area contributed by atoms with Crippen LogP contribution in [0.2, 0.25) is 0 Å². The fraction of sp³-hybridized carbons (Fsp3) is 0.222. The first-order chi connectivity index (χ1) is 12.1. The van der Waals surface area contributed by atoms with E-state index in [0.717, 1.165) is 20.6 Å². The Morgan fingerprint density at radius 3 is 3.12 bits per heavy atom. The first-order valence-electron chi connectivity index (χ1n) is 7.94. The van der Waals surface area contributed by atoms with Crippen molar-refractivity contribution < 1.29 is 9.84 Å². The van der Waals surface area contributed by atoms with Crippen LogP contribution in [0, 0.1) is 6.92 Å². The van der Waals surface area contributed by atoms with E-state index in [1.807, 2.05) is 43.5 Å². The maximum absolute atomic E-state index is 12.5. The summed E-state index contributed by atoms with van der Waals surface area (Å²) in [5, 5.41) is 11.8. The summed E-state index contributed by atoms with van der Waals surface area (Å²) in [6.45, 7) is 2.18. The summed E-state index contributed by atoms with van der Waals surface area (Å²) in [6, 6.07) is 9.47. The summed E-state index contributed by atoms with van der Waals surface area (Å²) < 4.78 is 7.17. The number of aryl methyl sites for hydroxylation is 1. The van der Waals surface area contributed by atoms with E-state index in [0.29, 0.717) is 11.1 Å². The molecule has 4 aromatic rings.